The number of carbonyl (C=O) groups is 1. The van der Waals surface area contributed by atoms with Crippen LogP contribution in [-0.2, 0) is 4.79 Å². The highest BCUT2D eigenvalue weighted by molar-refractivity contribution is 7.15. The second-order valence-electron chi connectivity index (χ2n) is 3.72. The third kappa shape index (κ3) is 2.24. The summed E-state index contributed by atoms with van der Waals surface area (Å²) in [6.45, 7) is 5.80. The average Bonchev–Trinajstić information content (AvgIpc) is 2.89. The molecule has 5 nitrogen and oxygen atoms in total. The molecule has 2 heterocycles. The minimum atomic E-state index is -0.953. The fraction of sp³-hybridized carbons (Fsp3) is 0.333. The molecule has 0 fully saturated rings. The number of aliphatic carboxylic acids is 1. The van der Waals surface area contributed by atoms with Gasteiger partial charge in [-0.15, -0.1) is 11.3 Å². The summed E-state index contributed by atoms with van der Waals surface area (Å²) in [6.07, 6.45) is 4.65. The molecule has 0 aliphatic carbocycles. The molecule has 2 rings (SSSR count). The van der Waals surface area contributed by atoms with E-state index in [1.54, 1.807) is 6.08 Å². The standard InChI is InChI=1S/C12H15N3O2S/c1-3-14(4-2)11-9(5-6-10(16)17)15-7-8-18-12(15)13-11/h5-8H,3-4H2,1-2H3,(H,16,17). The lowest BCUT2D eigenvalue weighted by atomic mass is 10.3. The minimum absolute atomic E-state index is 0.817. The maximum atomic E-state index is 10.7. The van der Waals surface area contributed by atoms with Crippen LogP contribution in [0, 0.1) is 0 Å². The Bertz CT molecular complexity index is 581. The first-order valence-electron chi connectivity index (χ1n) is 5.78. The van der Waals surface area contributed by atoms with Gasteiger partial charge in [0.25, 0.3) is 0 Å². The van der Waals surface area contributed by atoms with Crippen LogP contribution >= 0.6 is 11.3 Å². The van der Waals surface area contributed by atoms with Crippen LogP contribution in [0.3, 0.4) is 0 Å². The van der Waals surface area contributed by atoms with Crippen LogP contribution in [0.25, 0.3) is 11.0 Å². The zero-order valence-corrected chi connectivity index (χ0v) is 11.1. The highest BCUT2D eigenvalue weighted by Gasteiger charge is 2.15. The Hall–Kier alpha value is -1.82. The van der Waals surface area contributed by atoms with Crippen molar-refractivity contribution in [3.8, 4) is 0 Å². The Morgan fingerprint density at radius 3 is 2.89 bits per heavy atom. The van der Waals surface area contributed by atoms with E-state index in [1.807, 2.05) is 16.0 Å². The van der Waals surface area contributed by atoms with E-state index in [4.69, 9.17) is 5.11 Å². The SMILES string of the molecule is CCN(CC)c1nc2sccn2c1C=CC(=O)O. The van der Waals surface area contributed by atoms with E-state index in [-0.39, 0.29) is 0 Å². The monoisotopic (exact) mass is 265 g/mol. The topological polar surface area (TPSA) is 57.8 Å². The van der Waals surface area contributed by atoms with Crippen LogP contribution in [0.5, 0.6) is 0 Å². The summed E-state index contributed by atoms with van der Waals surface area (Å²) in [5.74, 6) is -0.116. The van der Waals surface area contributed by atoms with Gasteiger partial charge in [-0.25, -0.2) is 9.78 Å². The molecule has 1 N–H and O–H groups in total. The van der Waals surface area contributed by atoms with Crippen LogP contribution in [0.2, 0.25) is 0 Å². The van der Waals surface area contributed by atoms with Crippen molar-refractivity contribution >= 4 is 34.2 Å². The molecule has 0 bridgehead atoms. The van der Waals surface area contributed by atoms with Gasteiger partial charge in [-0.2, -0.15) is 0 Å². The molecular weight excluding hydrogens is 250 g/mol. The predicted octanol–water partition coefficient (Wildman–Crippen LogP) is 2.34. The van der Waals surface area contributed by atoms with Crippen LogP contribution in [0.15, 0.2) is 17.7 Å². The highest BCUT2D eigenvalue weighted by atomic mass is 32.1. The number of carboxylic acids is 1. The number of hydrogen-bond donors (Lipinski definition) is 1. The molecule has 96 valence electrons. The van der Waals surface area contributed by atoms with Crippen molar-refractivity contribution in [2.75, 3.05) is 18.0 Å². The van der Waals surface area contributed by atoms with Crippen LogP contribution < -0.4 is 4.90 Å². The second-order valence-corrected chi connectivity index (χ2v) is 4.59. The first-order valence-corrected chi connectivity index (χ1v) is 6.66. The van der Waals surface area contributed by atoms with Gasteiger partial charge in [0.05, 0.1) is 5.69 Å². The van der Waals surface area contributed by atoms with E-state index in [2.05, 4.69) is 23.7 Å². The number of rotatable bonds is 5. The smallest absolute Gasteiger partial charge is 0.328 e. The van der Waals surface area contributed by atoms with E-state index in [0.29, 0.717) is 0 Å². The zero-order valence-electron chi connectivity index (χ0n) is 10.3. The molecule has 0 amide bonds. The first-order chi connectivity index (χ1) is 8.67. The molecule has 2 aromatic heterocycles. The van der Waals surface area contributed by atoms with Gasteiger partial charge in [0.1, 0.15) is 0 Å². The molecule has 0 saturated heterocycles. The number of nitrogens with zero attached hydrogens (tertiary/aromatic N) is 3. The third-order valence-electron chi connectivity index (χ3n) is 2.73. The lowest BCUT2D eigenvalue weighted by molar-refractivity contribution is -0.131. The molecule has 0 aliphatic heterocycles. The molecule has 0 spiro atoms. The van der Waals surface area contributed by atoms with Crippen molar-refractivity contribution in [1.29, 1.82) is 0 Å². The van der Waals surface area contributed by atoms with Crippen LogP contribution in [-0.4, -0.2) is 33.6 Å². The molecule has 0 atom stereocenters. The Labute approximate surface area is 109 Å². The van der Waals surface area contributed by atoms with Gasteiger partial charge in [0, 0.05) is 30.7 Å². The van der Waals surface area contributed by atoms with E-state index in [1.165, 1.54) is 11.3 Å². The highest BCUT2D eigenvalue weighted by Crippen LogP contribution is 2.25. The van der Waals surface area contributed by atoms with Gasteiger partial charge < -0.3 is 10.0 Å². The number of anilines is 1. The van der Waals surface area contributed by atoms with Crippen LogP contribution in [0.4, 0.5) is 5.82 Å². The van der Waals surface area contributed by atoms with Crippen molar-refractivity contribution in [3.05, 3.63) is 23.3 Å². The summed E-state index contributed by atoms with van der Waals surface area (Å²) in [6, 6.07) is 0. The number of aromatic nitrogens is 2. The molecule has 0 aliphatic rings. The van der Waals surface area contributed by atoms with E-state index >= 15 is 0 Å². The number of imidazole rings is 1. The first kappa shape index (κ1) is 12.6. The molecule has 0 radical (unpaired) electrons. The van der Waals surface area contributed by atoms with E-state index in [9.17, 15) is 4.79 Å². The summed E-state index contributed by atoms with van der Waals surface area (Å²) < 4.78 is 1.91. The van der Waals surface area contributed by atoms with Gasteiger partial charge in [0.15, 0.2) is 10.8 Å². The zero-order chi connectivity index (χ0) is 13.1. The summed E-state index contributed by atoms with van der Waals surface area (Å²) in [7, 11) is 0. The Morgan fingerprint density at radius 1 is 1.56 bits per heavy atom. The van der Waals surface area contributed by atoms with E-state index in [0.717, 1.165) is 35.6 Å². The average molecular weight is 265 g/mol. The molecule has 0 saturated carbocycles. The summed E-state index contributed by atoms with van der Waals surface area (Å²) in [5.41, 5.74) is 0.817. The second kappa shape index (κ2) is 5.22. The maximum absolute atomic E-state index is 10.7. The predicted molar refractivity (Wildman–Crippen MR) is 73.3 cm³/mol. The third-order valence-corrected chi connectivity index (χ3v) is 3.48. The summed E-state index contributed by atoms with van der Waals surface area (Å²) in [4.78, 5) is 18.2. The van der Waals surface area contributed by atoms with Crippen molar-refractivity contribution in [2.45, 2.75) is 13.8 Å². The number of fused-ring (bicyclic) bond motifs is 1. The quantitative estimate of drug-likeness (QED) is 0.843. The fourth-order valence-electron chi connectivity index (χ4n) is 1.85. The minimum Gasteiger partial charge on any atom is -0.478 e. The molecule has 2 aromatic rings. The summed E-state index contributed by atoms with van der Waals surface area (Å²) in [5, 5.41) is 10.7. The van der Waals surface area contributed by atoms with Gasteiger partial charge in [-0.1, -0.05) is 0 Å². The Morgan fingerprint density at radius 2 is 2.28 bits per heavy atom. The van der Waals surface area contributed by atoms with Crippen molar-refractivity contribution in [3.63, 3.8) is 0 Å². The van der Waals surface area contributed by atoms with Crippen molar-refractivity contribution in [2.24, 2.45) is 0 Å². The lowest BCUT2D eigenvalue weighted by Crippen LogP contribution is -2.23. The van der Waals surface area contributed by atoms with Crippen molar-refractivity contribution in [1.82, 2.24) is 9.38 Å². The van der Waals surface area contributed by atoms with Gasteiger partial charge in [-0.3, -0.25) is 4.40 Å². The van der Waals surface area contributed by atoms with Crippen molar-refractivity contribution < 1.29 is 9.90 Å². The molecule has 6 heteroatoms. The molecule has 0 unspecified atom stereocenters. The maximum Gasteiger partial charge on any atom is 0.328 e. The Kier molecular flexibility index (Phi) is 3.66. The van der Waals surface area contributed by atoms with Gasteiger partial charge >= 0.3 is 5.97 Å². The largest absolute Gasteiger partial charge is 0.478 e. The van der Waals surface area contributed by atoms with E-state index < -0.39 is 5.97 Å². The van der Waals surface area contributed by atoms with Gasteiger partial charge in [0.2, 0.25) is 0 Å². The summed E-state index contributed by atoms with van der Waals surface area (Å²) >= 11 is 1.54. The molecular formula is C12H15N3O2S. The molecule has 0 aromatic carbocycles. The number of carboxylic acid groups (broad SMARTS) is 1. The number of hydrogen-bond acceptors (Lipinski definition) is 4. The Balaban J connectivity index is 2.53. The van der Waals surface area contributed by atoms with Gasteiger partial charge in [-0.05, 0) is 19.9 Å². The molecule has 18 heavy (non-hydrogen) atoms. The lowest BCUT2D eigenvalue weighted by Gasteiger charge is -2.18. The normalized spacial score (nSPS) is 11.4. The number of thiazole rings is 1. The fourth-order valence-corrected chi connectivity index (χ4v) is 2.57. The van der Waals surface area contributed by atoms with Crippen LogP contribution in [0.1, 0.15) is 19.5 Å².